The molecule has 2 heterocycles. The van der Waals surface area contributed by atoms with Crippen molar-refractivity contribution in [2.75, 3.05) is 51.5 Å². The first-order chi connectivity index (χ1) is 20.5. The Kier molecular flexibility index (Phi) is 9.38. The number of anilines is 1. The molecule has 5 rings (SSSR count). The average Bonchev–Trinajstić information content (AvgIpc) is 3.28. The highest BCUT2D eigenvalue weighted by atomic mass is 16.5. The van der Waals surface area contributed by atoms with Gasteiger partial charge in [-0.2, -0.15) is 0 Å². The van der Waals surface area contributed by atoms with E-state index in [2.05, 4.69) is 10.2 Å². The zero-order chi connectivity index (χ0) is 29.4. The van der Waals surface area contributed by atoms with Crippen LogP contribution in [0.25, 0.3) is 0 Å². The smallest absolute Gasteiger partial charge is 0.250 e. The first-order valence-electron chi connectivity index (χ1n) is 14.4. The van der Waals surface area contributed by atoms with Crippen molar-refractivity contribution < 1.29 is 23.9 Å². The van der Waals surface area contributed by atoms with Gasteiger partial charge in [-0.1, -0.05) is 66.7 Å². The van der Waals surface area contributed by atoms with Crippen LogP contribution in [0.3, 0.4) is 0 Å². The van der Waals surface area contributed by atoms with E-state index in [1.165, 1.54) is 0 Å². The Labute approximate surface area is 247 Å². The number of methoxy groups -OCH3 is 1. The van der Waals surface area contributed by atoms with E-state index in [0.29, 0.717) is 52.2 Å². The lowest BCUT2D eigenvalue weighted by Crippen LogP contribution is -2.57. The van der Waals surface area contributed by atoms with Crippen molar-refractivity contribution >= 4 is 23.4 Å². The number of benzene rings is 3. The molecule has 2 saturated heterocycles. The summed E-state index contributed by atoms with van der Waals surface area (Å²) in [6.45, 7) is 2.00. The van der Waals surface area contributed by atoms with Crippen molar-refractivity contribution in [3.63, 3.8) is 0 Å². The second-order valence-electron chi connectivity index (χ2n) is 10.7. The normalized spacial score (nSPS) is 16.1. The molecule has 0 saturated carbocycles. The maximum atomic E-state index is 13.9. The van der Waals surface area contributed by atoms with Crippen molar-refractivity contribution in [3.8, 4) is 5.75 Å². The van der Waals surface area contributed by atoms with Crippen LogP contribution < -0.4 is 15.0 Å². The van der Waals surface area contributed by atoms with Gasteiger partial charge >= 0.3 is 0 Å². The number of hydrogen-bond acceptors (Lipinski definition) is 6. The monoisotopic (exact) mass is 570 g/mol. The molecule has 9 heteroatoms. The number of hydrogen-bond donors (Lipinski definition) is 1. The summed E-state index contributed by atoms with van der Waals surface area (Å²) in [6, 6.07) is 27.3. The third-order valence-corrected chi connectivity index (χ3v) is 8.11. The van der Waals surface area contributed by atoms with Gasteiger partial charge < -0.3 is 29.5 Å². The molecule has 0 unspecified atom stereocenters. The molecule has 1 spiro atoms. The van der Waals surface area contributed by atoms with Crippen molar-refractivity contribution in [2.24, 2.45) is 0 Å². The number of likely N-dealkylation sites (tertiary alicyclic amines) is 1. The van der Waals surface area contributed by atoms with Gasteiger partial charge in [-0.05, 0) is 48.6 Å². The van der Waals surface area contributed by atoms with Crippen molar-refractivity contribution in [2.45, 2.75) is 31.4 Å². The average molecular weight is 571 g/mol. The quantitative estimate of drug-likeness (QED) is 0.381. The highest BCUT2D eigenvalue weighted by Crippen LogP contribution is 2.39. The Morgan fingerprint density at radius 2 is 1.57 bits per heavy atom. The van der Waals surface area contributed by atoms with E-state index < -0.39 is 5.54 Å². The lowest BCUT2D eigenvalue weighted by molar-refractivity contribution is -0.142. The van der Waals surface area contributed by atoms with Gasteiger partial charge in [-0.25, -0.2) is 0 Å². The van der Waals surface area contributed by atoms with Gasteiger partial charge in [0.15, 0.2) is 0 Å². The van der Waals surface area contributed by atoms with Crippen LogP contribution in [0.5, 0.6) is 5.75 Å². The number of ether oxygens (including phenoxy) is 2. The van der Waals surface area contributed by atoms with Crippen molar-refractivity contribution in [1.29, 1.82) is 0 Å². The number of nitrogens with zero attached hydrogens (tertiary/aromatic N) is 3. The van der Waals surface area contributed by atoms with Gasteiger partial charge in [0.2, 0.25) is 11.8 Å². The lowest BCUT2D eigenvalue weighted by Gasteiger charge is -2.43. The van der Waals surface area contributed by atoms with E-state index in [9.17, 15) is 14.4 Å². The summed E-state index contributed by atoms with van der Waals surface area (Å²) in [5.74, 6) is 0.434. The van der Waals surface area contributed by atoms with Gasteiger partial charge in [0, 0.05) is 25.3 Å². The predicted octanol–water partition coefficient (Wildman–Crippen LogP) is 3.24. The molecule has 42 heavy (non-hydrogen) atoms. The third kappa shape index (κ3) is 6.57. The summed E-state index contributed by atoms with van der Waals surface area (Å²) in [6.07, 6.45) is 1.59. The second kappa shape index (κ2) is 13.5. The molecule has 2 aliphatic heterocycles. The largest absolute Gasteiger partial charge is 0.496 e. The van der Waals surface area contributed by atoms with Crippen LogP contribution in [0.15, 0.2) is 84.9 Å². The lowest BCUT2D eigenvalue weighted by atomic mass is 9.85. The van der Waals surface area contributed by atoms with Gasteiger partial charge in [-0.15, -0.1) is 0 Å². The number of rotatable bonds is 11. The number of amides is 3. The number of nitrogens with one attached hydrogen (secondary N) is 1. The molecule has 0 aromatic heterocycles. The molecular weight excluding hydrogens is 532 g/mol. The molecule has 0 radical (unpaired) electrons. The van der Waals surface area contributed by atoms with Crippen LogP contribution in [-0.2, 0) is 32.1 Å². The fourth-order valence-electron chi connectivity index (χ4n) is 5.85. The second-order valence-corrected chi connectivity index (χ2v) is 10.7. The predicted molar refractivity (Wildman–Crippen MR) is 160 cm³/mol. The van der Waals surface area contributed by atoms with Gasteiger partial charge in [-0.3, -0.25) is 14.4 Å². The Morgan fingerprint density at radius 3 is 2.29 bits per heavy atom. The molecular formula is C33H38N4O5. The van der Waals surface area contributed by atoms with E-state index in [4.69, 9.17) is 9.47 Å². The highest BCUT2D eigenvalue weighted by Gasteiger charge is 2.54. The number of carbonyl (C=O) groups excluding carboxylic acids is 3. The van der Waals surface area contributed by atoms with Crippen LogP contribution >= 0.6 is 0 Å². The molecule has 3 amide bonds. The fraction of sp³-hybridized carbons (Fsp3) is 0.364. The Bertz CT molecular complexity index is 1360. The summed E-state index contributed by atoms with van der Waals surface area (Å²) in [5.41, 5.74) is 2.15. The molecule has 3 aromatic carbocycles. The summed E-state index contributed by atoms with van der Waals surface area (Å²) in [7, 11) is 1.63. The van der Waals surface area contributed by atoms with Crippen molar-refractivity contribution in [3.05, 3.63) is 96.1 Å². The van der Waals surface area contributed by atoms with Crippen LogP contribution in [0.1, 0.15) is 24.0 Å². The first kappa shape index (κ1) is 29.1. The summed E-state index contributed by atoms with van der Waals surface area (Å²) in [4.78, 5) is 45.3. The van der Waals surface area contributed by atoms with E-state index in [0.717, 1.165) is 22.6 Å². The molecule has 2 aliphatic rings. The van der Waals surface area contributed by atoms with E-state index in [1.54, 1.807) is 16.9 Å². The van der Waals surface area contributed by atoms with Crippen LogP contribution in [0.4, 0.5) is 5.69 Å². The summed E-state index contributed by atoms with van der Waals surface area (Å²) < 4.78 is 11.1. The van der Waals surface area contributed by atoms with Crippen LogP contribution in [-0.4, -0.2) is 79.6 Å². The number of carbonyl (C=O) groups is 3. The van der Waals surface area contributed by atoms with Crippen LogP contribution in [0.2, 0.25) is 0 Å². The summed E-state index contributed by atoms with van der Waals surface area (Å²) in [5, 5.41) is 2.96. The maximum absolute atomic E-state index is 13.9. The minimum Gasteiger partial charge on any atom is -0.496 e. The first-order valence-corrected chi connectivity index (χ1v) is 14.4. The molecule has 0 bridgehead atoms. The Morgan fingerprint density at radius 1 is 0.905 bits per heavy atom. The van der Waals surface area contributed by atoms with Crippen molar-refractivity contribution in [1.82, 2.24) is 15.1 Å². The van der Waals surface area contributed by atoms with Gasteiger partial charge in [0.1, 0.15) is 24.4 Å². The molecule has 1 N–H and O–H groups in total. The van der Waals surface area contributed by atoms with E-state index in [1.807, 2.05) is 84.9 Å². The zero-order valence-corrected chi connectivity index (χ0v) is 24.0. The topological polar surface area (TPSA) is 91.4 Å². The number of para-hydroxylation sites is 2. The minimum absolute atomic E-state index is 0.000603. The highest BCUT2D eigenvalue weighted by molar-refractivity contribution is 5.96. The maximum Gasteiger partial charge on any atom is 0.250 e. The molecule has 9 nitrogen and oxygen atoms in total. The third-order valence-electron chi connectivity index (χ3n) is 8.11. The molecule has 0 atom stereocenters. The molecule has 0 aliphatic carbocycles. The van der Waals surface area contributed by atoms with Gasteiger partial charge in [0.05, 0.1) is 20.4 Å². The van der Waals surface area contributed by atoms with E-state index >= 15 is 0 Å². The zero-order valence-electron chi connectivity index (χ0n) is 24.0. The Balaban J connectivity index is 1.19. The molecule has 220 valence electrons. The van der Waals surface area contributed by atoms with Gasteiger partial charge in [0.25, 0.3) is 5.91 Å². The van der Waals surface area contributed by atoms with Crippen LogP contribution in [0, 0.1) is 0 Å². The number of piperidine rings is 1. The standard InChI is InChI=1S/C33H38N4O5/c1-41-29-15-9-8-12-27(29)16-19-34-30(38)22-36-25-37(28-13-6-3-7-14-28)33(32(36)40)17-20-35(21-18-33)31(39)24-42-23-26-10-4-2-5-11-26/h2-15H,16-25H2,1H3,(H,34,38). The fourth-order valence-corrected chi connectivity index (χ4v) is 5.85. The minimum atomic E-state index is -0.805. The summed E-state index contributed by atoms with van der Waals surface area (Å²) >= 11 is 0. The molecule has 2 fully saturated rings. The Hall–Kier alpha value is -4.37. The van der Waals surface area contributed by atoms with E-state index in [-0.39, 0.29) is 30.9 Å². The molecule has 3 aromatic rings. The SMILES string of the molecule is COc1ccccc1CCNC(=O)CN1CN(c2ccccc2)C2(CCN(C(=O)COCc3ccccc3)CC2)C1=O.